The maximum absolute atomic E-state index is 10.5. The third-order valence-electron chi connectivity index (χ3n) is 1.51. The van der Waals surface area contributed by atoms with Gasteiger partial charge in [-0.05, 0) is 37.9 Å². The van der Waals surface area contributed by atoms with Gasteiger partial charge in [-0.3, -0.25) is 14.9 Å². The van der Waals surface area contributed by atoms with Gasteiger partial charge in [-0.1, -0.05) is 0 Å². The van der Waals surface area contributed by atoms with E-state index in [4.69, 9.17) is 0 Å². The van der Waals surface area contributed by atoms with E-state index in [9.17, 15) is 20.0 Å². The van der Waals surface area contributed by atoms with Crippen LogP contribution >= 0.6 is 31.9 Å². The molecule has 0 saturated carbocycles. The van der Waals surface area contributed by atoms with Crippen LogP contribution in [0.25, 0.3) is 0 Å². The number of benzene rings is 1. The summed E-state index contributed by atoms with van der Waals surface area (Å²) in [5, 5.41) is 19.9. The van der Waals surface area contributed by atoms with Crippen LogP contribution in [0.4, 0.5) is 5.69 Å². The number of aldehydes is 1. The molecule has 0 radical (unpaired) electrons. The van der Waals surface area contributed by atoms with Gasteiger partial charge in [0, 0.05) is 4.47 Å². The highest BCUT2D eigenvalue weighted by Crippen LogP contribution is 2.41. The molecule has 5 nitrogen and oxygen atoms in total. The van der Waals surface area contributed by atoms with Crippen LogP contribution in [0.3, 0.4) is 0 Å². The van der Waals surface area contributed by atoms with E-state index < -0.39 is 16.4 Å². The van der Waals surface area contributed by atoms with Crippen molar-refractivity contribution in [1.29, 1.82) is 0 Å². The van der Waals surface area contributed by atoms with Crippen LogP contribution < -0.4 is 0 Å². The Bertz CT molecular complexity index is 419. The number of nitro groups is 1. The Balaban J connectivity index is 3.61. The van der Waals surface area contributed by atoms with Crippen molar-refractivity contribution in [1.82, 2.24) is 0 Å². The van der Waals surface area contributed by atoms with Crippen LogP contribution in [0, 0.1) is 10.1 Å². The van der Waals surface area contributed by atoms with Crippen molar-refractivity contribution >= 4 is 43.8 Å². The Morgan fingerprint density at radius 3 is 2.50 bits per heavy atom. The van der Waals surface area contributed by atoms with Gasteiger partial charge in [0.2, 0.25) is 5.75 Å². The molecule has 74 valence electrons. The number of phenolic OH excluding ortho intramolecular Hbond substituents is 1. The summed E-state index contributed by atoms with van der Waals surface area (Å²) in [6.07, 6.45) is 0.347. The molecule has 14 heavy (non-hydrogen) atoms. The lowest BCUT2D eigenvalue weighted by Crippen LogP contribution is -1.94. The average Bonchev–Trinajstić information content (AvgIpc) is 2.11. The van der Waals surface area contributed by atoms with Crippen LogP contribution in [0.15, 0.2) is 15.0 Å². The third kappa shape index (κ3) is 1.78. The molecule has 0 heterocycles. The molecule has 0 spiro atoms. The first-order valence-corrected chi connectivity index (χ1v) is 4.88. The summed E-state index contributed by atoms with van der Waals surface area (Å²) in [5.41, 5.74) is -0.659. The Morgan fingerprint density at radius 1 is 1.50 bits per heavy atom. The van der Waals surface area contributed by atoms with Gasteiger partial charge in [-0.15, -0.1) is 0 Å². The van der Waals surface area contributed by atoms with E-state index in [0.29, 0.717) is 10.8 Å². The Labute approximate surface area is 95.1 Å². The molecule has 7 heteroatoms. The minimum Gasteiger partial charge on any atom is -0.502 e. The lowest BCUT2D eigenvalue weighted by atomic mass is 10.2. The first-order chi connectivity index (χ1) is 6.49. The number of hydrogen-bond donors (Lipinski definition) is 1. The molecule has 1 N–H and O–H groups in total. The number of nitro benzene ring substituents is 1. The molecule has 1 rings (SSSR count). The molecule has 0 unspecified atom stereocenters. The lowest BCUT2D eigenvalue weighted by Gasteiger charge is -2.03. The van der Waals surface area contributed by atoms with Crippen LogP contribution in [0.5, 0.6) is 5.75 Å². The molecule has 0 amide bonds. The molecule has 0 saturated heterocycles. The highest BCUT2D eigenvalue weighted by molar-refractivity contribution is 9.13. The molecular formula is C7H3Br2NO4. The zero-order valence-electron chi connectivity index (χ0n) is 6.53. The highest BCUT2D eigenvalue weighted by atomic mass is 79.9. The van der Waals surface area contributed by atoms with E-state index in [0.717, 1.165) is 0 Å². The quantitative estimate of drug-likeness (QED) is 0.515. The summed E-state index contributed by atoms with van der Waals surface area (Å²) in [7, 11) is 0. The molecule has 0 fully saturated rings. The monoisotopic (exact) mass is 323 g/mol. The van der Waals surface area contributed by atoms with E-state index in [-0.39, 0.29) is 10.0 Å². The predicted molar refractivity (Wildman–Crippen MR) is 55.5 cm³/mol. The van der Waals surface area contributed by atoms with Gasteiger partial charge in [0.05, 0.1) is 10.5 Å². The van der Waals surface area contributed by atoms with Gasteiger partial charge < -0.3 is 5.11 Å². The topological polar surface area (TPSA) is 80.4 Å². The number of nitrogens with zero attached hydrogens (tertiary/aromatic N) is 1. The average molecular weight is 325 g/mol. The van der Waals surface area contributed by atoms with Crippen LogP contribution in [-0.2, 0) is 0 Å². The zero-order valence-corrected chi connectivity index (χ0v) is 9.70. The smallest absolute Gasteiger partial charge is 0.326 e. The van der Waals surface area contributed by atoms with E-state index in [1.54, 1.807) is 0 Å². The molecule has 0 aliphatic rings. The summed E-state index contributed by atoms with van der Waals surface area (Å²) in [4.78, 5) is 20.2. The SMILES string of the molecule is O=Cc1cc(Br)c(Br)c([N+](=O)[O-])c1O. The number of halogens is 2. The van der Waals surface area contributed by atoms with E-state index in [2.05, 4.69) is 31.9 Å². The second-order valence-electron chi connectivity index (χ2n) is 2.33. The Morgan fingerprint density at radius 2 is 2.07 bits per heavy atom. The molecule has 0 aliphatic heterocycles. The number of carbonyl (C=O) groups excluding carboxylic acids is 1. The summed E-state index contributed by atoms with van der Waals surface area (Å²) in [6.45, 7) is 0. The van der Waals surface area contributed by atoms with Crippen molar-refractivity contribution in [3.05, 3.63) is 30.7 Å². The summed E-state index contributed by atoms with van der Waals surface area (Å²) in [5.74, 6) is -0.639. The minimum absolute atomic E-state index is 0.102. The number of rotatable bonds is 2. The van der Waals surface area contributed by atoms with Crippen LogP contribution in [0.1, 0.15) is 10.4 Å². The Hall–Kier alpha value is -0.950. The van der Waals surface area contributed by atoms with Crippen LogP contribution in [0.2, 0.25) is 0 Å². The van der Waals surface area contributed by atoms with Gasteiger partial charge >= 0.3 is 5.69 Å². The van der Waals surface area contributed by atoms with Gasteiger partial charge in [-0.25, -0.2) is 0 Å². The number of phenols is 1. The van der Waals surface area contributed by atoms with Crippen molar-refractivity contribution in [3.63, 3.8) is 0 Å². The number of aromatic hydroxyl groups is 1. The molecule has 1 aromatic rings. The molecule has 0 aromatic heterocycles. The van der Waals surface area contributed by atoms with Crippen LogP contribution in [-0.4, -0.2) is 16.3 Å². The van der Waals surface area contributed by atoms with Crippen molar-refractivity contribution in [2.24, 2.45) is 0 Å². The molecule has 0 atom stereocenters. The predicted octanol–water partition coefficient (Wildman–Crippen LogP) is 2.64. The largest absolute Gasteiger partial charge is 0.502 e. The van der Waals surface area contributed by atoms with Gasteiger partial charge in [-0.2, -0.15) is 0 Å². The van der Waals surface area contributed by atoms with Gasteiger partial charge in [0.1, 0.15) is 4.47 Å². The normalized spacial score (nSPS) is 9.86. The summed E-state index contributed by atoms with van der Waals surface area (Å²) >= 11 is 5.95. The van der Waals surface area contributed by atoms with E-state index >= 15 is 0 Å². The summed E-state index contributed by atoms with van der Waals surface area (Å²) < 4.78 is 0.440. The fraction of sp³-hybridized carbons (Fsp3) is 0. The van der Waals surface area contributed by atoms with Crippen molar-refractivity contribution in [2.45, 2.75) is 0 Å². The molecular weight excluding hydrogens is 322 g/mol. The maximum Gasteiger partial charge on any atom is 0.326 e. The fourth-order valence-electron chi connectivity index (χ4n) is 0.878. The molecule has 0 bridgehead atoms. The second kappa shape index (κ2) is 4.05. The van der Waals surface area contributed by atoms with E-state index in [1.165, 1.54) is 6.07 Å². The number of carbonyl (C=O) groups is 1. The second-order valence-corrected chi connectivity index (χ2v) is 3.98. The minimum atomic E-state index is -0.767. The zero-order chi connectivity index (χ0) is 10.9. The van der Waals surface area contributed by atoms with Gasteiger partial charge in [0.25, 0.3) is 0 Å². The number of hydrogen-bond acceptors (Lipinski definition) is 4. The fourth-order valence-corrected chi connectivity index (χ4v) is 1.76. The van der Waals surface area contributed by atoms with Gasteiger partial charge in [0.15, 0.2) is 6.29 Å². The standard InChI is InChI=1S/C7H3Br2NO4/c8-4-1-3(2-11)7(12)6(5(4)9)10(13)14/h1-2,12H. The first kappa shape index (κ1) is 11.1. The van der Waals surface area contributed by atoms with Crippen molar-refractivity contribution < 1.29 is 14.8 Å². The summed E-state index contributed by atoms with van der Waals surface area (Å²) in [6, 6.07) is 1.29. The molecule has 0 aliphatic carbocycles. The Kier molecular flexibility index (Phi) is 3.22. The lowest BCUT2D eigenvalue weighted by molar-refractivity contribution is -0.386. The van der Waals surface area contributed by atoms with Crippen molar-refractivity contribution in [3.8, 4) is 5.75 Å². The molecule has 1 aromatic carbocycles. The highest BCUT2D eigenvalue weighted by Gasteiger charge is 2.24. The maximum atomic E-state index is 10.5. The first-order valence-electron chi connectivity index (χ1n) is 3.29. The van der Waals surface area contributed by atoms with Crippen molar-refractivity contribution in [2.75, 3.05) is 0 Å². The third-order valence-corrected chi connectivity index (χ3v) is 3.47. The van der Waals surface area contributed by atoms with E-state index in [1.807, 2.05) is 0 Å².